The van der Waals surface area contributed by atoms with Crippen LogP contribution in [-0.4, -0.2) is 118 Å². The van der Waals surface area contributed by atoms with Gasteiger partial charge in [0.25, 0.3) is 0 Å². The number of halogens is 1. The van der Waals surface area contributed by atoms with E-state index in [0.717, 1.165) is 64.8 Å². The van der Waals surface area contributed by atoms with Crippen molar-refractivity contribution in [3.05, 3.63) is 0 Å². The summed E-state index contributed by atoms with van der Waals surface area (Å²) in [5.74, 6) is 1.54. The van der Waals surface area contributed by atoms with Gasteiger partial charge < -0.3 is 29.3 Å². The van der Waals surface area contributed by atoms with Crippen LogP contribution in [0.15, 0.2) is 4.99 Å². The zero-order chi connectivity index (χ0) is 22.7. The zero-order valence-electron chi connectivity index (χ0n) is 20.6. The topological polar surface area (TPSA) is 78.9 Å². The molecule has 2 aliphatic rings. The van der Waals surface area contributed by atoms with Gasteiger partial charge in [-0.15, -0.1) is 24.0 Å². The first-order valence-electron chi connectivity index (χ1n) is 11.6. The van der Waals surface area contributed by atoms with Gasteiger partial charge in [0, 0.05) is 65.4 Å². The molecule has 1 N–H and O–H groups in total. The Morgan fingerprint density at radius 1 is 1.09 bits per heavy atom. The molecule has 2 rings (SSSR count). The molecule has 188 valence electrons. The number of likely N-dealkylation sites (tertiary alicyclic amines) is 1. The van der Waals surface area contributed by atoms with E-state index in [2.05, 4.69) is 22.0 Å². The van der Waals surface area contributed by atoms with Gasteiger partial charge in [-0.25, -0.2) is 4.79 Å². The molecule has 10 heteroatoms. The van der Waals surface area contributed by atoms with E-state index >= 15 is 0 Å². The minimum atomic E-state index is -0.448. The van der Waals surface area contributed by atoms with E-state index in [4.69, 9.17) is 19.2 Å². The van der Waals surface area contributed by atoms with E-state index in [1.807, 2.05) is 20.8 Å². The molecule has 1 amide bonds. The Balaban J connectivity index is 0.00000512. The van der Waals surface area contributed by atoms with Gasteiger partial charge in [-0.3, -0.25) is 9.89 Å². The Kier molecular flexibility index (Phi) is 13.8. The summed E-state index contributed by atoms with van der Waals surface area (Å²) in [6.45, 7) is 17.5. The van der Waals surface area contributed by atoms with Gasteiger partial charge in [-0.05, 0) is 34.1 Å². The lowest BCUT2D eigenvalue weighted by atomic mass is 10.1. The fraction of sp³-hybridized carbons (Fsp3) is 0.909. The normalized spacial score (nSPS) is 20.3. The number of guanidine groups is 1. The molecule has 2 heterocycles. The maximum atomic E-state index is 12.2. The van der Waals surface area contributed by atoms with Crippen LogP contribution >= 0.6 is 24.0 Å². The molecule has 0 spiro atoms. The first-order chi connectivity index (χ1) is 14.8. The van der Waals surface area contributed by atoms with Crippen molar-refractivity contribution in [2.45, 2.75) is 39.7 Å². The molecule has 0 radical (unpaired) electrons. The van der Waals surface area contributed by atoms with Crippen LogP contribution in [-0.2, 0) is 14.2 Å². The summed E-state index contributed by atoms with van der Waals surface area (Å²) >= 11 is 0. The van der Waals surface area contributed by atoms with Crippen LogP contribution in [0.25, 0.3) is 0 Å². The summed E-state index contributed by atoms with van der Waals surface area (Å²) in [6, 6.07) is 0. The van der Waals surface area contributed by atoms with Gasteiger partial charge in [0.1, 0.15) is 5.60 Å². The van der Waals surface area contributed by atoms with Crippen molar-refractivity contribution in [2.75, 3.05) is 85.8 Å². The molecule has 1 unspecified atom stereocenters. The molecule has 0 bridgehead atoms. The molecule has 0 aliphatic carbocycles. The number of piperazine rings is 1. The molecular weight excluding hydrogens is 525 g/mol. The number of aliphatic imine (C=N–C) groups is 1. The molecule has 0 aromatic heterocycles. The summed E-state index contributed by atoms with van der Waals surface area (Å²) < 4.78 is 16.2. The molecule has 1 atom stereocenters. The maximum Gasteiger partial charge on any atom is 0.410 e. The number of carbonyl (C=O) groups excluding carboxylic acids is 1. The third-order valence-corrected chi connectivity index (χ3v) is 5.41. The lowest BCUT2D eigenvalue weighted by Crippen LogP contribution is -2.50. The summed E-state index contributed by atoms with van der Waals surface area (Å²) in [5.41, 5.74) is -0.448. The van der Waals surface area contributed by atoms with E-state index < -0.39 is 5.60 Å². The summed E-state index contributed by atoms with van der Waals surface area (Å²) in [5, 5.41) is 3.43. The van der Waals surface area contributed by atoms with Crippen LogP contribution in [0.1, 0.15) is 34.1 Å². The third-order valence-electron chi connectivity index (χ3n) is 5.41. The van der Waals surface area contributed by atoms with Crippen LogP contribution in [0.4, 0.5) is 4.79 Å². The number of amides is 1. The first kappa shape index (κ1) is 29.2. The number of hydrogen-bond donors (Lipinski definition) is 1. The van der Waals surface area contributed by atoms with Gasteiger partial charge in [0.15, 0.2) is 5.96 Å². The predicted molar refractivity (Wildman–Crippen MR) is 138 cm³/mol. The smallest absolute Gasteiger partial charge is 0.410 e. The van der Waals surface area contributed by atoms with Gasteiger partial charge in [0.2, 0.25) is 0 Å². The molecule has 0 aromatic rings. The van der Waals surface area contributed by atoms with E-state index in [1.165, 1.54) is 0 Å². The number of hydrogen-bond acceptors (Lipinski definition) is 6. The maximum absolute atomic E-state index is 12.2. The number of ether oxygens (including phenoxy) is 3. The monoisotopic (exact) mass is 569 g/mol. The van der Waals surface area contributed by atoms with E-state index in [0.29, 0.717) is 32.2 Å². The second-order valence-electron chi connectivity index (χ2n) is 9.21. The second-order valence-corrected chi connectivity index (χ2v) is 9.21. The lowest BCUT2D eigenvalue weighted by Gasteiger charge is -2.35. The molecule has 2 saturated heterocycles. The van der Waals surface area contributed by atoms with Crippen molar-refractivity contribution in [1.29, 1.82) is 0 Å². The van der Waals surface area contributed by atoms with Crippen LogP contribution in [0.2, 0.25) is 0 Å². The minimum absolute atomic E-state index is 0. The highest BCUT2D eigenvalue weighted by molar-refractivity contribution is 14.0. The van der Waals surface area contributed by atoms with Crippen LogP contribution in [0.5, 0.6) is 0 Å². The zero-order valence-corrected chi connectivity index (χ0v) is 22.9. The molecule has 0 aromatic carbocycles. The summed E-state index contributed by atoms with van der Waals surface area (Å²) in [7, 11) is 1.70. The van der Waals surface area contributed by atoms with Crippen LogP contribution in [0, 0.1) is 5.92 Å². The number of carbonyl (C=O) groups is 1. The highest BCUT2D eigenvalue weighted by atomic mass is 127. The minimum Gasteiger partial charge on any atom is -0.444 e. The van der Waals surface area contributed by atoms with Gasteiger partial charge in [-0.2, -0.15) is 0 Å². The average molecular weight is 570 g/mol. The number of nitrogens with one attached hydrogen (secondary N) is 1. The summed E-state index contributed by atoms with van der Waals surface area (Å²) in [6.07, 6.45) is 0.915. The Labute approximate surface area is 211 Å². The van der Waals surface area contributed by atoms with Crippen molar-refractivity contribution in [2.24, 2.45) is 10.9 Å². The van der Waals surface area contributed by atoms with E-state index in [1.54, 1.807) is 12.0 Å². The quantitative estimate of drug-likeness (QED) is 0.197. The summed E-state index contributed by atoms with van der Waals surface area (Å²) in [4.78, 5) is 23.6. The van der Waals surface area contributed by atoms with Crippen molar-refractivity contribution in [3.63, 3.8) is 0 Å². The first-order valence-corrected chi connectivity index (χ1v) is 11.6. The van der Waals surface area contributed by atoms with Crippen LogP contribution < -0.4 is 5.32 Å². The molecule has 2 fully saturated rings. The van der Waals surface area contributed by atoms with Gasteiger partial charge in [-0.1, -0.05) is 0 Å². The molecule has 32 heavy (non-hydrogen) atoms. The van der Waals surface area contributed by atoms with Crippen molar-refractivity contribution in [3.8, 4) is 0 Å². The van der Waals surface area contributed by atoms with Crippen molar-refractivity contribution in [1.82, 2.24) is 20.0 Å². The Hall–Kier alpha value is -0.850. The number of nitrogens with zero attached hydrogens (tertiary/aromatic N) is 4. The van der Waals surface area contributed by atoms with E-state index in [9.17, 15) is 4.79 Å². The molecular formula is C22H44IN5O4. The van der Waals surface area contributed by atoms with Crippen molar-refractivity contribution < 1.29 is 19.0 Å². The lowest BCUT2D eigenvalue weighted by molar-refractivity contribution is 0.0148. The predicted octanol–water partition coefficient (Wildman–Crippen LogP) is 2.11. The fourth-order valence-corrected chi connectivity index (χ4v) is 3.76. The fourth-order valence-electron chi connectivity index (χ4n) is 3.76. The van der Waals surface area contributed by atoms with Crippen LogP contribution in [0.3, 0.4) is 0 Å². The highest BCUT2D eigenvalue weighted by Crippen LogP contribution is 2.17. The largest absolute Gasteiger partial charge is 0.444 e. The number of methoxy groups -OCH3 is 1. The average Bonchev–Trinajstić information content (AvgIpc) is 3.18. The Morgan fingerprint density at radius 3 is 2.44 bits per heavy atom. The molecule has 2 aliphatic heterocycles. The number of rotatable bonds is 9. The standard InChI is InChI=1S/C22H43N5O4.HI/c1-6-23-20(27-9-7-19(17-27)18-30-16-15-29-5)24-8-10-25-11-13-26(14-12-25)21(28)31-22(2,3)4;/h19H,6-18H2,1-5H3,(H,23,24);1H. The Morgan fingerprint density at radius 2 is 1.81 bits per heavy atom. The highest BCUT2D eigenvalue weighted by Gasteiger charge is 2.27. The van der Waals surface area contributed by atoms with Crippen molar-refractivity contribution >= 4 is 36.0 Å². The SMILES string of the molecule is CCNC(=NCCN1CCN(C(=O)OC(C)(C)C)CC1)N1CCC(COCCOC)C1.I. The van der Waals surface area contributed by atoms with Gasteiger partial charge >= 0.3 is 6.09 Å². The second kappa shape index (κ2) is 15.1. The molecule has 9 nitrogen and oxygen atoms in total. The van der Waals surface area contributed by atoms with Gasteiger partial charge in [0.05, 0.1) is 26.4 Å². The molecule has 0 saturated carbocycles. The van der Waals surface area contributed by atoms with E-state index in [-0.39, 0.29) is 30.1 Å². The Bertz CT molecular complexity index is 565. The third kappa shape index (κ3) is 10.8.